The predicted octanol–water partition coefficient (Wildman–Crippen LogP) is 3.42. The van der Waals surface area contributed by atoms with Gasteiger partial charge in [0.1, 0.15) is 5.75 Å². The molecule has 2 rings (SSSR count). The van der Waals surface area contributed by atoms with Crippen molar-refractivity contribution in [3.05, 3.63) is 46.4 Å². The molecule has 0 aliphatic heterocycles. The average molecular weight is 352 g/mol. The number of methoxy groups -OCH3 is 2. The fourth-order valence-corrected chi connectivity index (χ4v) is 2.29. The second kappa shape index (κ2) is 6.49. The maximum absolute atomic E-state index is 12.2. The highest BCUT2D eigenvalue weighted by Crippen LogP contribution is 2.30. The highest BCUT2D eigenvalue weighted by Gasteiger charge is 2.15. The van der Waals surface area contributed by atoms with Crippen LogP contribution in [0.1, 0.15) is 10.4 Å². The van der Waals surface area contributed by atoms with Crippen molar-refractivity contribution in [2.24, 2.45) is 0 Å². The summed E-state index contributed by atoms with van der Waals surface area (Å²) in [5.74, 6) is 0.218. The van der Waals surface area contributed by atoms with Gasteiger partial charge in [0, 0.05) is 16.2 Å². The number of carbonyl (C=O) groups excluding carboxylic acids is 1. The molecular formula is C15H14BrNO4. The molecule has 21 heavy (non-hydrogen) atoms. The van der Waals surface area contributed by atoms with Gasteiger partial charge in [-0.15, -0.1) is 0 Å². The van der Waals surface area contributed by atoms with E-state index in [0.29, 0.717) is 11.4 Å². The first-order valence-electron chi connectivity index (χ1n) is 6.07. The van der Waals surface area contributed by atoms with Crippen molar-refractivity contribution in [2.45, 2.75) is 0 Å². The average Bonchev–Trinajstić information content (AvgIpc) is 2.46. The van der Waals surface area contributed by atoms with Gasteiger partial charge in [0.25, 0.3) is 5.91 Å². The number of carbonyl (C=O) groups is 1. The molecule has 0 aliphatic carbocycles. The molecular weight excluding hydrogens is 338 g/mol. The molecule has 0 saturated heterocycles. The largest absolute Gasteiger partial charge is 0.504 e. The number of rotatable bonds is 4. The minimum Gasteiger partial charge on any atom is -0.504 e. The Hall–Kier alpha value is -2.21. The second-order valence-corrected chi connectivity index (χ2v) is 5.11. The summed E-state index contributed by atoms with van der Waals surface area (Å²) in [5.41, 5.74) is 0.682. The zero-order chi connectivity index (χ0) is 15.4. The fourth-order valence-electron chi connectivity index (χ4n) is 1.82. The van der Waals surface area contributed by atoms with Crippen LogP contribution in [0.3, 0.4) is 0 Å². The third-order valence-corrected chi connectivity index (χ3v) is 3.29. The number of anilines is 1. The molecule has 2 aromatic rings. The van der Waals surface area contributed by atoms with Gasteiger partial charge in [-0.05, 0) is 24.3 Å². The quantitative estimate of drug-likeness (QED) is 0.885. The van der Waals surface area contributed by atoms with Gasteiger partial charge in [-0.3, -0.25) is 4.79 Å². The van der Waals surface area contributed by atoms with Crippen molar-refractivity contribution in [3.63, 3.8) is 0 Å². The van der Waals surface area contributed by atoms with Gasteiger partial charge in [0.05, 0.1) is 19.8 Å². The SMILES string of the molecule is COc1cc(Br)cc(NC(=O)c2cccc(OC)c2O)c1. The second-order valence-electron chi connectivity index (χ2n) is 4.19. The van der Waals surface area contributed by atoms with E-state index < -0.39 is 5.91 Å². The van der Waals surface area contributed by atoms with E-state index in [2.05, 4.69) is 21.2 Å². The number of halogens is 1. The molecule has 0 saturated carbocycles. The zero-order valence-electron chi connectivity index (χ0n) is 11.5. The lowest BCUT2D eigenvalue weighted by Crippen LogP contribution is -2.12. The van der Waals surface area contributed by atoms with Crippen molar-refractivity contribution >= 4 is 27.5 Å². The third kappa shape index (κ3) is 3.46. The number of phenols is 1. The molecule has 2 N–H and O–H groups in total. The Morgan fingerprint density at radius 3 is 2.62 bits per heavy atom. The van der Waals surface area contributed by atoms with E-state index in [-0.39, 0.29) is 17.1 Å². The molecule has 110 valence electrons. The van der Waals surface area contributed by atoms with Crippen LogP contribution < -0.4 is 14.8 Å². The Labute approximate surface area is 130 Å². The lowest BCUT2D eigenvalue weighted by atomic mass is 10.1. The van der Waals surface area contributed by atoms with Crippen molar-refractivity contribution in [3.8, 4) is 17.2 Å². The van der Waals surface area contributed by atoms with Gasteiger partial charge in [-0.25, -0.2) is 0 Å². The summed E-state index contributed by atoms with van der Waals surface area (Å²) < 4.78 is 10.9. The Bertz CT molecular complexity index is 673. The molecule has 0 radical (unpaired) electrons. The highest BCUT2D eigenvalue weighted by atomic mass is 79.9. The Balaban J connectivity index is 2.28. The van der Waals surface area contributed by atoms with Crippen molar-refractivity contribution < 1.29 is 19.4 Å². The summed E-state index contributed by atoms with van der Waals surface area (Å²) >= 11 is 3.34. The monoisotopic (exact) mass is 351 g/mol. The Morgan fingerprint density at radius 1 is 1.19 bits per heavy atom. The number of hydrogen-bond donors (Lipinski definition) is 2. The molecule has 2 aromatic carbocycles. The first-order valence-corrected chi connectivity index (χ1v) is 6.86. The third-order valence-electron chi connectivity index (χ3n) is 2.83. The number of amides is 1. The van der Waals surface area contributed by atoms with Gasteiger partial charge in [0.2, 0.25) is 0 Å². The van der Waals surface area contributed by atoms with Crippen LogP contribution in [0.15, 0.2) is 40.9 Å². The predicted molar refractivity (Wildman–Crippen MR) is 83.3 cm³/mol. The fraction of sp³-hybridized carbons (Fsp3) is 0.133. The van der Waals surface area contributed by atoms with Gasteiger partial charge in [-0.1, -0.05) is 22.0 Å². The van der Waals surface area contributed by atoms with E-state index >= 15 is 0 Å². The van der Waals surface area contributed by atoms with Crippen LogP contribution in [0.4, 0.5) is 5.69 Å². The summed E-state index contributed by atoms with van der Waals surface area (Å²) in [6.45, 7) is 0. The smallest absolute Gasteiger partial charge is 0.259 e. The number of benzene rings is 2. The van der Waals surface area contributed by atoms with Crippen LogP contribution in [0.25, 0.3) is 0 Å². The van der Waals surface area contributed by atoms with Crippen LogP contribution in [-0.4, -0.2) is 25.2 Å². The van der Waals surface area contributed by atoms with E-state index in [1.54, 1.807) is 37.4 Å². The summed E-state index contributed by atoms with van der Waals surface area (Å²) in [6, 6.07) is 9.92. The number of hydrogen-bond acceptors (Lipinski definition) is 4. The van der Waals surface area contributed by atoms with Gasteiger partial charge in [0.15, 0.2) is 11.5 Å². The summed E-state index contributed by atoms with van der Waals surface area (Å²) in [5, 5.41) is 12.7. The molecule has 0 bridgehead atoms. The topological polar surface area (TPSA) is 67.8 Å². The summed E-state index contributed by atoms with van der Waals surface area (Å²) in [7, 11) is 2.97. The number of aromatic hydroxyl groups is 1. The standard InChI is InChI=1S/C15H14BrNO4/c1-20-11-7-9(16)6-10(8-11)17-15(19)12-4-3-5-13(21-2)14(12)18/h3-8,18H,1-2H3,(H,17,19). The van der Waals surface area contributed by atoms with Crippen molar-refractivity contribution in [2.75, 3.05) is 19.5 Å². The lowest BCUT2D eigenvalue weighted by molar-refractivity contribution is 0.102. The minimum absolute atomic E-state index is 0.133. The van der Waals surface area contributed by atoms with Gasteiger partial charge in [-0.2, -0.15) is 0 Å². The van der Waals surface area contributed by atoms with Crippen LogP contribution in [0.5, 0.6) is 17.2 Å². The van der Waals surface area contributed by atoms with E-state index in [0.717, 1.165) is 4.47 Å². The molecule has 0 fully saturated rings. The maximum atomic E-state index is 12.2. The lowest BCUT2D eigenvalue weighted by Gasteiger charge is -2.10. The van der Waals surface area contributed by atoms with E-state index in [9.17, 15) is 9.90 Å². The first kappa shape index (κ1) is 15.2. The number of ether oxygens (including phenoxy) is 2. The Morgan fingerprint density at radius 2 is 1.95 bits per heavy atom. The van der Waals surface area contributed by atoms with E-state index in [1.807, 2.05) is 0 Å². The van der Waals surface area contributed by atoms with Crippen LogP contribution in [0, 0.1) is 0 Å². The molecule has 0 aliphatic rings. The first-order chi connectivity index (χ1) is 10.0. The van der Waals surface area contributed by atoms with Crippen molar-refractivity contribution in [1.29, 1.82) is 0 Å². The summed E-state index contributed by atoms with van der Waals surface area (Å²) in [4.78, 5) is 12.2. The number of phenolic OH excluding ortho intramolecular Hbond substituents is 1. The number of para-hydroxylation sites is 1. The molecule has 5 nitrogen and oxygen atoms in total. The molecule has 1 amide bonds. The number of nitrogens with one attached hydrogen (secondary N) is 1. The van der Waals surface area contributed by atoms with E-state index in [1.165, 1.54) is 13.2 Å². The normalized spacial score (nSPS) is 10.0. The van der Waals surface area contributed by atoms with Crippen molar-refractivity contribution in [1.82, 2.24) is 0 Å². The maximum Gasteiger partial charge on any atom is 0.259 e. The Kier molecular flexibility index (Phi) is 4.70. The molecule has 6 heteroatoms. The van der Waals surface area contributed by atoms with Crippen LogP contribution in [0.2, 0.25) is 0 Å². The molecule has 0 heterocycles. The zero-order valence-corrected chi connectivity index (χ0v) is 13.1. The minimum atomic E-state index is -0.438. The van der Waals surface area contributed by atoms with Gasteiger partial charge < -0.3 is 19.9 Å². The van der Waals surface area contributed by atoms with Gasteiger partial charge >= 0.3 is 0 Å². The van der Waals surface area contributed by atoms with Crippen LogP contribution in [-0.2, 0) is 0 Å². The molecule has 0 aromatic heterocycles. The highest BCUT2D eigenvalue weighted by molar-refractivity contribution is 9.10. The molecule has 0 spiro atoms. The molecule has 0 atom stereocenters. The summed E-state index contributed by atoms with van der Waals surface area (Å²) in [6.07, 6.45) is 0. The van der Waals surface area contributed by atoms with Crippen LogP contribution >= 0.6 is 15.9 Å². The van der Waals surface area contributed by atoms with E-state index in [4.69, 9.17) is 9.47 Å². The molecule has 0 unspecified atom stereocenters.